The monoisotopic (exact) mass is 413 g/mol. The number of hydrogen-bond acceptors (Lipinski definition) is 4. The van der Waals surface area contributed by atoms with Crippen LogP contribution >= 0.6 is 11.3 Å². The van der Waals surface area contributed by atoms with Crippen LogP contribution in [0.4, 0.5) is 5.82 Å². The second-order valence-corrected chi connectivity index (χ2v) is 8.97. The molecule has 5 aromatic rings. The molecular formula is C23H19N5OS. The lowest BCUT2D eigenvalue weighted by Gasteiger charge is -2.24. The first kappa shape index (κ1) is 17.4. The lowest BCUT2D eigenvalue weighted by molar-refractivity contribution is -0.116. The van der Waals surface area contributed by atoms with Gasteiger partial charge in [-0.1, -0.05) is 30.3 Å². The smallest absolute Gasteiger partial charge is 0.231 e. The summed E-state index contributed by atoms with van der Waals surface area (Å²) in [5.41, 5.74) is 5.02. The van der Waals surface area contributed by atoms with E-state index in [-0.39, 0.29) is 11.8 Å². The largest absolute Gasteiger partial charge is 0.322 e. The summed E-state index contributed by atoms with van der Waals surface area (Å²) >= 11 is 1.78. The average Bonchev–Trinajstić information content (AvgIpc) is 3.39. The number of nitrogens with zero attached hydrogens (tertiary/aromatic N) is 3. The molecule has 3 aromatic heterocycles. The van der Waals surface area contributed by atoms with E-state index in [9.17, 15) is 4.79 Å². The van der Waals surface area contributed by atoms with Crippen molar-refractivity contribution >= 4 is 44.2 Å². The Morgan fingerprint density at radius 1 is 1.07 bits per heavy atom. The van der Waals surface area contributed by atoms with E-state index in [1.54, 1.807) is 16.0 Å². The van der Waals surface area contributed by atoms with Crippen LogP contribution < -0.4 is 5.32 Å². The first-order chi connectivity index (χ1) is 14.6. The number of amides is 1. The number of fused-ring (bicyclic) bond motifs is 3. The minimum atomic E-state index is -0.0250. The third-order valence-electron chi connectivity index (χ3n) is 5.85. The summed E-state index contributed by atoms with van der Waals surface area (Å²) < 4.78 is 2.98. The molecule has 0 unspecified atom stereocenters. The highest BCUT2D eigenvalue weighted by molar-refractivity contribution is 7.19. The highest BCUT2D eigenvalue weighted by Gasteiger charge is 2.35. The normalized spacial score (nSPS) is 16.2. The molecule has 2 aromatic carbocycles. The minimum absolute atomic E-state index is 0.000516. The molecule has 1 amide bonds. The number of aryl methyl sites for hydroxylation is 2. The molecule has 6 nitrogen and oxygen atoms in total. The fraction of sp³-hybridized carbons (Fsp3) is 0.174. The van der Waals surface area contributed by atoms with Gasteiger partial charge in [0.15, 0.2) is 0 Å². The summed E-state index contributed by atoms with van der Waals surface area (Å²) in [6.07, 6.45) is 0.418. The van der Waals surface area contributed by atoms with Gasteiger partial charge in [-0.2, -0.15) is 9.78 Å². The van der Waals surface area contributed by atoms with Gasteiger partial charge in [-0.3, -0.25) is 4.79 Å². The number of anilines is 1. The molecule has 0 fully saturated rings. The lowest BCUT2D eigenvalue weighted by atomic mass is 9.84. The molecule has 4 heterocycles. The highest BCUT2D eigenvalue weighted by atomic mass is 32.1. The molecule has 6 rings (SSSR count). The van der Waals surface area contributed by atoms with E-state index in [1.807, 2.05) is 31.2 Å². The predicted octanol–water partition coefficient (Wildman–Crippen LogP) is 5.05. The summed E-state index contributed by atoms with van der Waals surface area (Å²) in [5.74, 6) is 1.29. The SMILES string of the molecule is Cc1nn(-c2nc3ccccc3[nH]2)c2c1[C@H](c1c(C)sc3ccccc13)CC(=O)N2. The van der Waals surface area contributed by atoms with Crippen molar-refractivity contribution in [3.05, 3.63) is 70.2 Å². The van der Waals surface area contributed by atoms with Crippen LogP contribution in [-0.4, -0.2) is 25.7 Å². The number of para-hydroxylation sites is 2. The first-order valence-corrected chi connectivity index (χ1v) is 10.7. The van der Waals surface area contributed by atoms with Gasteiger partial charge in [-0.15, -0.1) is 11.3 Å². The molecule has 2 N–H and O–H groups in total. The van der Waals surface area contributed by atoms with Gasteiger partial charge in [0.2, 0.25) is 11.9 Å². The first-order valence-electron chi connectivity index (χ1n) is 9.92. The zero-order valence-electron chi connectivity index (χ0n) is 16.6. The van der Waals surface area contributed by atoms with E-state index in [0.29, 0.717) is 18.2 Å². The number of hydrogen-bond donors (Lipinski definition) is 2. The van der Waals surface area contributed by atoms with Gasteiger partial charge in [0, 0.05) is 27.5 Å². The molecule has 30 heavy (non-hydrogen) atoms. The quantitative estimate of drug-likeness (QED) is 0.425. The number of rotatable bonds is 2. The third kappa shape index (κ3) is 2.45. The van der Waals surface area contributed by atoms with Gasteiger partial charge in [0.1, 0.15) is 5.82 Å². The Balaban J connectivity index is 1.57. The molecule has 1 atom stereocenters. The lowest BCUT2D eigenvalue weighted by Crippen LogP contribution is -2.25. The van der Waals surface area contributed by atoms with E-state index in [4.69, 9.17) is 5.10 Å². The molecule has 0 spiro atoms. The number of aromatic amines is 1. The van der Waals surface area contributed by atoms with Crippen LogP contribution in [0.2, 0.25) is 0 Å². The minimum Gasteiger partial charge on any atom is -0.322 e. The summed E-state index contributed by atoms with van der Waals surface area (Å²) in [4.78, 5) is 22.0. The number of carbonyl (C=O) groups is 1. The Labute approximate surface area is 176 Å². The van der Waals surface area contributed by atoms with Gasteiger partial charge in [0.25, 0.3) is 0 Å². The molecular weight excluding hydrogens is 394 g/mol. The van der Waals surface area contributed by atoms with Crippen molar-refractivity contribution in [2.45, 2.75) is 26.2 Å². The molecule has 1 aliphatic heterocycles. The highest BCUT2D eigenvalue weighted by Crippen LogP contribution is 2.45. The van der Waals surface area contributed by atoms with Crippen LogP contribution in [-0.2, 0) is 4.79 Å². The standard InChI is InChI=1S/C23H19N5OS/c1-12-20-15(21-13(2)30-18-10-6-3-7-14(18)21)11-19(29)26-22(20)28(27-12)23-24-16-8-4-5-9-17(16)25-23/h3-10,15H,11H2,1-2H3,(H,24,25)(H,26,29)/t15-/m1/s1. The fourth-order valence-electron chi connectivity index (χ4n) is 4.61. The zero-order valence-corrected chi connectivity index (χ0v) is 17.4. The molecule has 1 aliphatic rings. The number of carbonyl (C=O) groups excluding carboxylic acids is 1. The number of aromatic nitrogens is 4. The molecule has 0 saturated heterocycles. The van der Waals surface area contributed by atoms with Crippen molar-refractivity contribution in [2.75, 3.05) is 5.32 Å². The van der Waals surface area contributed by atoms with Crippen molar-refractivity contribution < 1.29 is 4.79 Å². The van der Waals surface area contributed by atoms with E-state index < -0.39 is 0 Å². The van der Waals surface area contributed by atoms with Gasteiger partial charge < -0.3 is 10.3 Å². The van der Waals surface area contributed by atoms with Crippen molar-refractivity contribution in [3.8, 4) is 5.95 Å². The van der Waals surface area contributed by atoms with Gasteiger partial charge in [-0.25, -0.2) is 4.98 Å². The molecule has 0 bridgehead atoms. The van der Waals surface area contributed by atoms with E-state index >= 15 is 0 Å². The molecule has 0 aliphatic carbocycles. The predicted molar refractivity (Wildman–Crippen MR) is 120 cm³/mol. The van der Waals surface area contributed by atoms with Crippen molar-refractivity contribution in [1.82, 2.24) is 19.7 Å². The summed E-state index contributed by atoms with van der Waals surface area (Å²) in [5, 5.41) is 9.05. The molecule has 148 valence electrons. The van der Waals surface area contributed by atoms with E-state index in [0.717, 1.165) is 22.3 Å². The van der Waals surface area contributed by atoms with Crippen LogP contribution in [0, 0.1) is 13.8 Å². The van der Waals surface area contributed by atoms with Gasteiger partial charge in [-0.05, 0) is 43.0 Å². The van der Waals surface area contributed by atoms with Crippen molar-refractivity contribution in [1.29, 1.82) is 0 Å². The maximum Gasteiger partial charge on any atom is 0.231 e. The third-order valence-corrected chi connectivity index (χ3v) is 6.95. The maximum absolute atomic E-state index is 12.8. The Kier molecular flexibility index (Phi) is 3.64. The molecule has 0 radical (unpaired) electrons. The second-order valence-electron chi connectivity index (χ2n) is 7.71. The van der Waals surface area contributed by atoms with Gasteiger partial charge >= 0.3 is 0 Å². The number of nitrogens with one attached hydrogen (secondary N) is 2. The number of H-pyrrole nitrogens is 1. The van der Waals surface area contributed by atoms with Crippen LogP contribution in [0.25, 0.3) is 27.1 Å². The topological polar surface area (TPSA) is 75.6 Å². The second kappa shape index (κ2) is 6.27. The van der Waals surface area contributed by atoms with E-state index in [2.05, 4.69) is 46.5 Å². The van der Waals surface area contributed by atoms with Gasteiger partial charge in [0.05, 0.1) is 16.7 Å². The fourth-order valence-corrected chi connectivity index (χ4v) is 5.73. The number of thiophene rings is 1. The summed E-state index contributed by atoms with van der Waals surface area (Å²) in [6.45, 7) is 4.15. The summed E-state index contributed by atoms with van der Waals surface area (Å²) in [7, 11) is 0. The number of imidazole rings is 1. The zero-order chi connectivity index (χ0) is 20.4. The van der Waals surface area contributed by atoms with Crippen LogP contribution in [0.3, 0.4) is 0 Å². The Morgan fingerprint density at radius 3 is 2.73 bits per heavy atom. The Morgan fingerprint density at radius 2 is 1.87 bits per heavy atom. The van der Waals surface area contributed by atoms with Crippen molar-refractivity contribution in [2.24, 2.45) is 0 Å². The Hall–Kier alpha value is -3.45. The molecule has 7 heteroatoms. The molecule has 0 saturated carbocycles. The van der Waals surface area contributed by atoms with E-state index in [1.165, 1.54) is 20.5 Å². The average molecular weight is 414 g/mol. The van der Waals surface area contributed by atoms with Crippen LogP contribution in [0.1, 0.15) is 34.0 Å². The van der Waals surface area contributed by atoms with Crippen molar-refractivity contribution in [3.63, 3.8) is 0 Å². The maximum atomic E-state index is 12.8. The van der Waals surface area contributed by atoms with Crippen LogP contribution in [0.5, 0.6) is 0 Å². The van der Waals surface area contributed by atoms with Crippen LogP contribution in [0.15, 0.2) is 48.5 Å². The number of benzene rings is 2. The Bertz CT molecular complexity index is 1420. The summed E-state index contributed by atoms with van der Waals surface area (Å²) in [6, 6.07) is 16.3.